The van der Waals surface area contributed by atoms with Crippen molar-refractivity contribution in [1.82, 2.24) is 10.2 Å². The quantitative estimate of drug-likeness (QED) is 0.881. The van der Waals surface area contributed by atoms with Gasteiger partial charge in [-0.05, 0) is 24.9 Å². The first-order chi connectivity index (χ1) is 8.86. The minimum atomic E-state index is 0.399. The molecule has 1 atom stereocenters. The van der Waals surface area contributed by atoms with Crippen molar-refractivity contribution in [3.8, 4) is 0 Å². The lowest BCUT2D eigenvalue weighted by Gasteiger charge is -2.45. The van der Waals surface area contributed by atoms with Gasteiger partial charge in [0.15, 0.2) is 0 Å². The first kappa shape index (κ1) is 12.5. The molecule has 1 unspecified atom stereocenters. The van der Waals surface area contributed by atoms with Gasteiger partial charge < -0.3 is 5.32 Å². The summed E-state index contributed by atoms with van der Waals surface area (Å²) in [5, 5.41) is 3.79. The Labute approximate surface area is 114 Å². The predicted molar refractivity (Wildman–Crippen MR) is 79.0 cm³/mol. The van der Waals surface area contributed by atoms with E-state index in [0.717, 1.165) is 6.54 Å². The highest BCUT2D eigenvalue weighted by atomic mass is 32.2. The van der Waals surface area contributed by atoms with Gasteiger partial charge in [-0.15, -0.1) is 0 Å². The van der Waals surface area contributed by atoms with Crippen molar-refractivity contribution in [3.63, 3.8) is 0 Å². The fourth-order valence-corrected chi connectivity index (χ4v) is 4.29. The molecule has 2 nitrogen and oxygen atoms in total. The summed E-state index contributed by atoms with van der Waals surface area (Å²) in [7, 11) is 0. The summed E-state index contributed by atoms with van der Waals surface area (Å²) in [5.74, 6) is 2.57. The Balaban J connectivity index is 1.63. The van der Waals surface area contributed by atoms with E-state index < -0.39 is 0 Å². The molecular formula is C15H22N2S. The molecule has 0 bridgehead atoms. The van der Waals surface area contributed by atoms with Gasteiger partial charge in [0.25, 0.3) is 0 Å². The van der Waals surface area contributed by atoms with Crippen LogP contribution in [0.5, 0.6) is 0 Å². The van der Waals surface area contributed by atoms with Crippen LogP contribution in [-0.2, 0) is 6.54 Å². The van der Waals surface area contributed by atoms with Crippen molar-refractivity contribution in [1.29, 1.82) is 0 Å². The van der Waals surface area contributed by atoms with Crippen LogP contribution < -0.4 is 5.32 Å². The molecule has 1 aromatic rings. The van der Waals surface area contributed by atoms with E-state index in [0.29, 0.717) is 5.54 Å². The first-order valence-corrected chi connectivity index (χ1v) is 8.11. The third kappa shape index (κ3) is 2.90. The number of rotatable bonds is 2. The molecule has 0 amide bonds. The average molecular weight is 262 g/mol. The van der Waals surface area contributed by atoms with E-state index >= 15 is 0 Å². The Hall–Kier alpha value is -0.510. The van der Waals surface area contributed by atoms with Gasteiger partial charge in [0.1, 0.15) is 0 Å². The van der Waals surface area contributed by atoms with Crippen LogP contribution in [0.15, 0.2) is 30.3 Å². The maximum absolute atomic E-state index is 3.79. The average Bonchev–Trinajstić information content (AvgIpc) is 2.41. The van der Waals surface area contributed by atoms with Gasteiger partial charge in [0, 0.05) is 36.7 Å². The third-order valence-electron chi connectivity index (χ3n) is 4.03. The molecule has 3 rings (SSSR count). The van der Waals surface area contributed by atoms with Crippen LogP contribution >= 0.6 is 11.8 Å². The van der Waals surface area contributed by atoms with Gasteiger partial charge in [-0.3, -0.25) is 4.90 Å². The fourth-order valence-electron chi connectivity index (χ4n) is 3.17. The molecular weight excluding hydrogens is 240 g/mol. The topological polar surface area (TPSA) is 15.3 Å². The molecule has 3 heteroatoms. The molecule has 1 aromatic carbocycles. The van der Waals surface area contributed by atoms with Gasteiger partial charge in [0.05, 0.1) is 0 Å². The van der Waals surface area contributed by atoms with Crippen LogP contribution in [0.1, 0.15) is 18.4 Å². The first-order valence-electron chi connectivity index (χ1n) is 6.95. The summed E-state index contributed by atoms with van der Waals surface area (Å²) in [6.45, 7) is 4.76. The molecule has 2 aliphatic heterocycles. The molecule has 0 aromatic heterocycles. The van der Waals surface area contributed by atoms with Gasteiger partial charge in [-0.2, -0.15) is 11.8 Å². The third-order valence-corrected chi connectivity index (χ3v) is 5.28. The summed E-state index contributed by atoms with van der Waals surface area (Å²) in [6, 6.07) is 10.9. The van der Waals surface area contributed by atoms with E-state index in [1.54, 1.807) is 0 Å². The van der Waals surface area contributed by atoms with E-state index in [4.69, 9.17) is 0 Å². The Morgan fingerprint density at radius 1 is 1.28 bits per heavy atom. The van der Waals surface area contributed by atoms with Crippen molar-refractivity contribution in [2.24, 2.45) is 0 Å². The van der Waals surface area contributed by atoms with Crippen molar-refractivity contribution < 1.29 is 0 Å². The minimum Gasteiger partial charge on any atom is -0.308 e. The van der Waals surface area contributed by atoms with Crippen LogP contribution in [0, 0.1) is 0 Å². The number of nitrogens with one attached hydrogen (secondary N) is 1. The number of likely N-dealkylation sites (tertiary alicyclic amines) is 1. The predicted octanol–water partition coefficient (Wildman–Crippen LogP) is 2.36. The highest BCUT2D eigenvalue weighted by molar-refractivity contribution is 7.99. The van der Waals surface area contributed by atoms with Gasteiger partial charge in [0.2, 0.25) is 0 Å². The molecule has 2 fully saturated rings. The zero-order valence-corrected chi connectivity index (χ0v) is 11.7. The second-order valence-electron chi connectivity index (χ2n) is 5.56. The maximum Gasteiger partial charge on any atom is 0.0400 e. The number of thioether (sulfide) groups is 1. The lowest BCUT2D eigenvalue weighted by molar-refractivity contribution is 0.130. The summed E-state index contributed by atoms with van der Waals surface area (Å²) in [4.78, 5) is 2.62. The highest BCUT2D eigenvalue weighted by Gasteiger charge is 2.36. The smallest absolute Gasteiger partial charge is 0.0400 e. The molecule has 98 valence electrons. The highest BCUT2D eigenvalue weighted by Crippen LogP contribution is 2.28. The van der Waals surface area contributed by atoms with Crippen LogP contribution in [0.25, 0.3) is 0 Å². The summed E-state index contributed by atoms with van der Waals surface area (Å²) in [5.41, 5.74) is 1.84. The van der Waals surface area contributed by atoms with Gasteiger partial charge >= 0.3 is 0 Å². The van der Waals surface area contributed by atoms with Gasteiger partial charge in [-0.1, -0.05) is 30.3 Å². The maximum atomic E-state index is 3.79. The second kappa shape index (κ2) is 5.64. The summed E-state index contributed by atoms with van der Waals surface area (Å²) >= 11 is 2.12. The molecule has 2 aliphatic rings. The van der Waals surface area contributed by atoms with Gasteiger partial charge in [-0.25, -0.2) is 0 Å². The molecule has 1 N–H and O–H groups in total. The van der Waals surface area contributed by atoms with Crippen LogP contribution in [0.2, 0.25) is 0 Å². The molecule has 0 saturated carbocycles. The molecule has 1 spiro atoms. The van der Waals surface area contributed by atoms with E-state index in [1.165, 1.54) is 49.5 Å². The lowest BCUT2D eigenvalue weighted by Crippen LogP contribution is -2.60. The number of nitrogens with zero attached hydrogens (tertiary/aromatic N) is 1. The standard InChI is InChI=1S/C15H22N2S/c1-2-5-14(6-3-1)11-17-9-4-7-15(12-17)13-18-10-8-16-15/h1-3,5-6,16H,4,7-13H2. The normalized spacial score (nSPS) is 29.6. The Bertz CT molecular complexity index is 368. The summed E-state index contributed by atoms with van der Waals surface area (Å²) in [6.07, 6.45) is 2.69. The monoisotopic (exact) mass is 262 g/mol. The van der Waals surface area contributed by atoms with Crippen LogP contribution in [-0.4, -0.2) is 41.6 Å². The Kier molecular flexibility index (Phi) is 3.92. The molecule has 18 heavy (non-hydrogen) atoms. The SMILES string of the molecule is c1ccc(CN2CCCC3(CSCCN3)C2)cc1. The number of piperidine rings is 1. The zero-order valence-electron chi connectivity index (χ0n) is 10.9. The molecule has 2 heterocycles. The van der Waals surface area contributed by atoms with Crippen molar-refractivity contribution in [3.05, 3.63) is 35.9 Å². The van der Waals surface area contributed by atoms with Crippen molar-refractivity contribution in [2.75, 3.05) is 31.1 Å². The lowest BCUT2D eigenvalue weighted by atomic mass is 9.90. The number of benzene rings is 1. The van der Waals surface area contributed by atoms with Crippen LogP contribution in [0.4, 0.5) is 0 Å². The zero-order chi connectivity index (χ0) is 12.3. The summed E-state index contributed by atoms with van der Waals surface area (Å²) < 4.78 is 0. The molecule has 2 saturated heterocycles. The molecule has 0 radical (unpaired) electrons. The largest absolute Gasteiger partial charge is 0.308 e. The van der Waals surface area contributed by atoms with E-state index in [2.05, 4.69) is 52.3 Å². The Morgan fingerprint density at radius 3 is 2.94 bits per heavy atom. The van der Waals surface area contributed by atoms with E-state index in [9.17, 15) is 0 Å². The minimum absolute atomic E-state index is 0.399. The fraction of sp³-hybridized carbons (Fsp3) is 0.600. The second-order valence-corrected chi connectivity index (χ2v) is 6.66. The molecule has 0 aliphatic carbocycles. The van der Waals surface area contributed by atoms with Crippen LogP contribution in [0.3, 0.4) is 0 Å². The number of hydrogen-bond donors (Lipinski definition) is 1. The van der Waals surface area contributed by atoms with Crippen molar-refractivity contribution >= 4 is 11.8 Å². The van der Waals surface area contributed by atoms with Crippen molar-refractivity contribution in [2.45, 2.75) is 24.9 Å². The van der Waals surface area contributed by atoms with E-state index in [-0.39, 0.29) is 0 Å². The van der Waals surface area contributed by atoms with E-state index in [1.807, 2.05) is 0 Å². The number of hydrogen-bond acceptors (Lipinski definition) is 3. The Morgan fingerprint density at radius 2 is 2.17 bits per heavy atom.